The van der Waals surface area contributed by atoms with Gasteiger partial charge in [-0.05, 0) is 55.4 Å². The van der Waals surface area contributed by atoms with Crippen molar-refractivity contribution in [3.05, 3.63) is 29.3 Å². The largest absolute Gasteiger partial charge is 0.365 e. The fourth-order valence-corrected chi connectivity index (χ4v) is 3.57. The van der Waals surface area contributed by atoms with Crippen molar-refractivity contribution >= 4 is 5.69 Å². The number of nitrogens with one attached hydrogen (secondary N) is 1. The van der Waals surface area contributed by atoms with Gasteiger partial charge in [0.1, 0.15) is 0 Å². The first-order valence-electron chi connectivity index (χ1n) is 8.45. The molecule has 2 heteroatoms. The summed E-state index contributed by atoms with van der Waals surface area (Å²) < 4.78 is 0. The van der Waals surface area contributed by atoms with Gasteiger partial charge >= 0.3 is 0 Å². The second-order valence-corrected chi connectivity index (χ2v) is 7.54. The molecule has 21 heavy (non-hydrogen) atoms. The van der Waals surface area contributed by atoms with E-state index in [1.807, 2.05) is 0 Å². The van der Waals surface area contributed by atoms with Gasteiger partial charge in [-0.25, -0.2) is 0 Å². The van der Waals surface area contributed by atoms with Crippen molar-refractivity contribution in [2.75, 3.05) is 18.0 Å². The summed E-state index contributed by atoms with van der Waals surface area (Å²) in [5.41, 5.74) is 4.14. The van der Waals surface area contributed by atoms with Crippen molar-refractivity contribution in [3.8, 4) is 0 Å². The predicted molar refractivity (Wildman–Crippen MR) is 93.1 cm³/mol. The molecular formula is C19H32N2. The van der Waals surface area contributed by atoms with E-state index in [9.17, 15) is 0 Å². The highest BCUT2D eigenvalue weighted by Gasteiger charge is 2.30. The average molecular weight is 288 g/mol. The molecule has 0 bridgehead atoms. The van der Waals surface area contributed by atoms with Crippen LogP contribution in [0.2, 0.25) is 0 Å². The quantitative estimate of drug-likeness (QED) is 0.895. The second-order valence-electron chi connectivity index (χ2n) is 7.54. The molecule has 0 aliphatic carbocycles. The summed E-state index contributed by atoms with van der Waals surface area (Å²) in [4.78, 5) is 2.65. The summed E-state index contributed by atoms with van der Waals surface area (Å²) in [7, 11) is 0. The van der Waals surface area contributed by atoms with Crippen molar-refractivity contribution < 1.29 is 0 Å². The maximum atomic E-state index is 3.77. The minimum Gasteiger partial charge on any atom is -0.365 e. The molecule has 0 spiro atoms. The van der Waals surface area contributed by atoms with Gasteiger partial charge in [-0.2, -0.15) is 0 Å². The van der Waals surface area contributed by atoms with E-state index in [-0.39, 0.29) is 0 Å². The Morgan fingerprint density at radius 2 is 1.71 bits per heavy atom. The normalized spacial score (nSPS) is 23.1. The van der Waals surface area contributed by atoms with Gasteiger partial charge < -0.3 is 10.2 Å². The molecular weight excluding hydrogens is 256 g/mol. The molecule has 1 aliphatic rings. The van der Waals surface area contributed by atoms with E-state index in [0.29, 0.717) is 18.0 Å². The number of piperazine rings is 1. The number of hydrogen-bond acceptors (Lipinski definition) is 2. The first-order valence-corrected chi connectivity index (χ1v) is 8.45. The van der Waals surface area contributed by atoms with Gasteiger partial charge in [0.05, 0.1) is 0 Å². The standard InChI is InChI=1S/C19H32N2/c1-13(2)7-17-12-21(19(11-20-17)14(3)4)18-9-15(5)8-16(6)10-18/h8-10,13-14,17,19-20H,7,11-12H2,1-6H3. The molecule has 2 unspecified atom stereocenters. The van der Waals surface area contributed by atoms with Crippen LogP contribution in [0.15, 0.2) is 18.2 Å². The zero-order valence-corrected chi connectivity index (χ0v) is 14.6. The van der Waals surface area contributed by atoms with Crippen LogP contribution in [0.25, 0.3) is 0 Å². The first-order chi connectivity index (χ1) is 9.86. The van der Waals surface area contributed by atoms with Gasteiger partial charge in [0.2, 0.25) is 0 Å². The summed E-state index contributed by atoms with van der Waals surface area (Å²) in [6.07, 6.45) is 1.26. The van der Waals surface area contributed by atoms with Crippen LogP contribution in [0.1, 0.15) is 45.2 Å². The Morgan fingerprint density at radius 1 is 1.10 bits per heavy atom. The van der Waals surface area contributed by atoms with E-state index >= 15 is 0 Å². The highest BCUT2D eigenvalue weighted by molar-refractivity contribution is 5.52. The smallest absolute Gasteiger partial charge is 0.0438 e. The third-order valence-electron chi connectivity index (χ3n) is 4.50. The Morgan fingerprint density at radius 3 is 2.24 bits per heavy atom. The van der Waals surface area contributed by atoms with E-state index in [1.54, 1.807) is 0 Å². The van der Waals surface area contributed by atoms with Crippen molar-refractivity contribution in [1.29, 1.82) is 0 Å². The lowest BCUT2D eigenvalue weighted by Crippen LogP contribution is -2.58. The summed E-state index contributed by atoms with van der Waals surface area (Å²) >= 11 is 0. The molecule has 1 heterocycles. The molecule has 2 atom stereocenters. The highest BCUT2D eigenvalue weighted by atomic mass is 15.2. The summed E-state index contributed by atoms with van der Waals surface area (Å²) in [5.74, 6) is 1.41. The summed E-state index contributed by atoms with van der Waals surface area (Å²) in [6, 6.07) is 8.16. The lowest BCUT2D eigenvalue weighted by molar-refractivity contribution is 0.310. The van der Waals surface area contributed by atoms with Crippen LogP contribution in [0.5, 0.6) is 0 Å². The number of benzene rings is 1. The van der Waals surface area contributed by atoms with Gasteiger partial charge in [0, 0.05) is 30.9 Å². The Labute approximate surface area is 130 Å². The molecule has 0 saturated carbocycles. The second kappa shape index (κ2) is 6.83. The molecule has 2 rings (SSSR count). The molecule has 0 amide bonds. The first kappa shape index (κ1) is 16.4. The Bertz CT molecular complexity index is 444. The lowest BCUT2D eigenvalue weighted by Gasteiger charge is -2.44. The average Bonchev–Trinajstić information content (AvgIpc) is 2.36. The topological polar surface area (TPSA) is 15.3 Å². The maximum absolute atomic E-state index is 3.77. The predicted octanol–water partition coefficient (Wildman–Crippen LogP) is 4.15. The van der Waals surface area contributed by atoms with Crippen LogP contribution in [0, 0.1) is 25.7 Å². The monoisotopic (exact) mass is 288 g/mol. The van der Waals surface area contributed by atoms with Crippen LogP contribution >= 0.6 is 0 Å². The van der Waals surface area contributed by atoms with E-state index in [4.69, 9.17) is 0 Å². The molecule has 1 fully saturated rings. The third-order valence-corrected chi connectivity index (χ3v) is 4.50. The Kier molecular flexibility index (Phi) is 5.32. The number of rotatable bonds is 4. The summed E-state index contributed by atoms with van der Waals surface area (Å²) in [6.45, 7) is 15.9. The van der Waals surface area contributed by atoms with Crippen LogP contribution in [0.3, 0.4) is 0 Å². The van der Waals surface area contributed by atoms with Gasteiger partial charge in [0.15, 0.2) is 0 Å². The molecule has 1 saturated heterocycles. The third kappa shape index (κ3) is 4.23. The number of anilines is 1. The SMILES string of the molecule is Cc1cc(C)cc(N2CC(CC(C)C)NCC2C(C)C)c1. The van der Waals surface area contributed by atoms with Gasteiger partial charge in [-0.1, -0.05) is 33.8 Å². The van der Waals surface area contributed by atoms with Crippen LogP contribution in [-0.4, -0.2) is 25.2 Å². The molecule has 0 radical (unpaired) electrons. The molecule has 1 aliphatic heterocycles. The summed E-state index contributed by atoms with van der Waals surface area (Å²) in [5, 5.41) is 3.77. The maximum Gasteiger partial charge on any atom is 0.0438 e. The van der Waals surface area contributed by atoms with E-state index in [0.717, 1.165) is 19.0 Å². The minimum atomic E-state index is 0.592. The van der Waals surface area contributed by atoms with E-state index in [2.05, 4.69) is 70.0 Å². The van der Waals surface area contributed by atoms with Crippen LogP contribution in [-0.2, 0) is 0 Å². The van der Waals surface area contributed by atoms with E-state index in [1.165, 1.54) is 23.2 Å². The van der Waals surface area contributed by atoms with Crippen molar-refractivity contribution in [3.63, 3.8) is 0 Å². The van der Waals surface area contributed by atoms with Crippen molar-refractivity contribution in [2.24, 2.45) is 11.8 Å². The molecule has 1 aromatic carbocycles. The van der Waals surface area contributed by atoms with Crippen LogP contribution in [0.4, 0.5) is 5.69 Å². The fraction of sp³-hybridized carbons (Fsp3) is 0.684. The molecule has 1 N–H and O–H groups in total. The highest BCUT2D eigenvalue weighted by Crippen LogP contribution is 2.27. The van der Waals surface area contributed by atoms with Gasteiger partial charge in [0.25, 0.3) is 0 Å². The Hall–Kier alpha value is -1.02. The van der Waals surface area contributed by atoms with E-state index < -0.39 is 0 Å². The van der Waals surface area contributed by atoms with Gasteiger partial charge in [-0.3, -0.25) is 0 Å². The number of aryl methyl sites for hydroxylation is 2. The molecule has 2 nitrogen and oxygen atoms in total. The van der Waals surface area contributed by atoms with Crippen LogP contribution < -0.4 is 10.2 Å². The lowest BCUT2D eigenvalue weighted by atomic mass is 9.94. The van der Waals surface area contributed by atoms with Crippen molar-refractivity contribution in [2.45, 2.75) is 60.0 Å². The van der Waals surface area contributed by atoms with Crippen molar-refractivity contribution in [1.82, 2.24) is 5.32 Å². The number of nitrogens with zero attached hydrogens (tertiary/aromatic N) is 1. The zero-order chi connectivity index (χ0) is 15.6. The Balaban J connectivity index is 2.24. The molecule has 118 valence electrons. The molecule has 1 aromatic rings. The number of hydrogen-bond donors (Lipinski definition) is 1. The minimum absolute atomic E-state index is 0.592. The fourth-order valence-electron chi connectivity index (χ4n) is 3.57. The van der Waals surface area contributed by atoms with Gasteiger partial charge in [-0.15, -0.1) is 0 Å². The molecule has 0 aromatic heterocycles. The zero-order valence-electron chi connectivity index (χ0n) is 14.6.